The van der Waals surface area contributed by atoms with E-state index in [2.05, 4.69) is 17.2 Å². The molecule has 1 fully saturated rings. The van der Waals surface area contributed by atoms with Gasteiger partial charge in [0.25, 0.3) is 0 Å². The second-order valence-corrected chi connectivity index (χ2v) is 5.43. The zero-order valence-electron chi connectivity index (χ0n) is 11.6. The van der Waals surface area contributed by atoms with Crippen molar-refractivity contribution in [2.75, 3.05) is 26.2 Å². The third kappa shape index (κ3) is 3.68. The van der Waals surface area contributed by atoms with Crippen molar-refractivity contribution in [1.29, 1.82) is 0 Å². The lowest BCUT2D eigenvalue weighted by atomic mass is 10.00. The minimum atomic E-state index is -0.328. The third-order valence-electron chi connectivity index (χ3n) is 3.56. The third-order valence-corrected chi connectivity index (χ3v) is 3.91. The van der Waals surface area contributed by atoms with E-state index in [9.17, 15) is 4.39 Å². The molecule has 0 aliphatic carbocycles. The largest absolute Gasteiger partial charge is 0.374 e. The molecule has 112 valence electrons. The van der Waals surface area contributed by atoms with Gasteiger partial charge in [-0.2, -0.15) is 0 Å². The number of nitrogens with two attached hydrogens (primary N) is 1. The van der Waals surface area contributed by atoms with E-state index in [0.29, 0.717) is 17.2 Å². The van der Waals surface area contributed by atoms with Gasteiger partial charge < -0.3 is 4.74 Å². The minimum Gasteiger partial charge on any atom is -0.374 e. The van der Waals surface area contributed by atoms with E-state index in [-0.39, 0.29) is 18.0 Å². The van der Waals surface area contributed by atoms with Crippen LogP contribution in [0.4, 0.5) is 4.39 Å². The molecular formula is C14H21ClFN3O. The number of hydrazine groups is 1. The van der Waals surface area contributed by atoms with Crippen LogP contribution in [-0.4, -0.2) is 37.2 Å². The molecule has 2 rings (SSSR count). The Bertz CT molecular complexity index is 444. The quantitative estimate of drug-likeness (QED) is 0.646. The Hall–Kier alpha value is -0.720. The lowest BCUT2D eigenvalue weighted by Gasteiger charge is -2.37. The van der Waals surface area contributed by atoms with Crippen LogP contribution in [0.5, 0.6) is 0 Å². The van der Waals surface area contributed by atoms with Crippen molar-refractivity contribution in [3.05, 3.63) is 34.6 Å². The van der Waals surface area contributed by atoms with Crippen LogP contribution in [0.3, 0.4) is 0 Å². The van der Waals surface area contributed by atoms with Gasteiger partial charge in [0.15, 0.2) is 0 Å². The summed E-state index contributed by atoms with van der Waals surface area (Å²) in [6, 6.07) is 3.97. The highest BCUT2D eigenvalue weighted by Crippen LogP contribution is 2.28. The highest BCUT2D eigenvalue weighted by atomic mass is 35.5. The molecule has 20 heavy (non-hydrogen) atoms. The van der Waals surface area contributed by atoms with E-state index in [1.165, 1.54) is 12.1 Å². The minimum absolute atomic E-state index is 0.139. The Morgan fingerprint density at radius 1 is 1.60 bits per heavy atom. The smallest absolute Gasteiger partial charge is 0.123 e. The zero-order valence-corrected chi connectivity index (χ0v) is 12.4. The average molecular weight is 302 g/mol. The first kappa shape index (κ1) is 15.7. The summed E-state index contributed by atoms with van der Waals surface area (Å²) in [6.07, 6.45) is 0.952. The van der Waals surface area contributed by atoms with Crippen LogP contribution in [0, 0.1) is 5.82 Å². The fourth-order valence-electron chi connectivity index (χ4n) is 2.60. The highest BCUT2D eigenvalue weighted by Gasteiger charge is 2.29. The Labute approximate surface area is 124 Å². The number of hydrogen-bond acceptors (Lipinski definition) is 4. The van der Waals surface area contributed by atoms with Crippen LogP contribution < -0.4 is 11.3 Å². The first-order valence-electron chi connectivity index (χ1n) is 6.90. The summed E-state index contributed by atoms with van der Waals surface area (Å²) in [6.45, 7) is 5.49. The predicted octanol–water partition coefficient (Wildman–Crippen LogP) is 2.09. The van der Waals surface area contributed by atoms with Crippen LogP contribution in [0.25, 0.3) is 0 Å². The molecule has 0 saturated carbocycles. The molecule has 4 nitrogen and oxygen atoms in total. The van der Waals surface area contributed by atoms with Crippen molar-refractivity contribution in [2.45, 2.75) is 25.5 Å². The monoisotopic (exact) mass is 301 g/mol. The molecule has 0 spiro atoms. The summed E-state index contributed by atoms with van der Waals surface area (Å²) in [5.74, 6) is 5.32. The van der Waals surface area contributed by atoms with E-state index in [1.54, 1.807) is 6.07 Å². The molecule has 0 amide bonds. The van der Waals surface area contributed by atoms with Gasteiger partial charge in [-0.15, -0.1) is 0 Å². The lowest BCUT2D eigenvalue weighted by molar-refractivity contribution is -0.0471. The van der Waals surface area contributed by atoms with E-state index in [4.69, 9.17) is 22.2 Å². The van der Waals surface area contributed by atoms with Crippen molar-refractivity contribution >= 4 is 11.6 Å². The number of ether oxygens (including phenoxy) is 1. The molecule has 1 heterocycles. The van der Waals surface area contributed by atoms with E-state index < -0.39 is 0 Å². The highest BCUT2D eigenvalue weighted by molar-refractivity contribution is 6.31. The van der Waals surface area contributed by atoms with Crippen molar-refractivity contribution in [1.82, 2.24) is 10.3 Å². The molecule has 0 radical (unpaired) electrons. The topological polar surface area (TPSA) is 50.5 Å². The summed E-state index contributed by atoms with van der Waals surface area (Å²) in [7, 11) is 0. The number of rotatable bonds is 5. The Kier molecular flexibility index (Phi) is 5.74. The zero-order chi connectivity index (χ0) is 14.5. The fraction of sp³-hybridized carbons (Fsp3) is 0.571. The number of halogens is 2. The molecular weight excluding hydrogens is 281 g/mol. The molecule has 1 aromatic rings. The normalized spacial score (nSPS) is 21.9. The number of nitrogens with zero attached hydrogens (tertiary/aromatic N) is 1. The number of hydrogen-bond donors (Lipinski definition) is 2. The maximum atomic E-state index is 13.4. The van der Waals surface area contributed by atoms with Crippen molar-refractivity contribution < 1.29 is 9.13 Å². The average Bonchev–Trinajstić information content (AvgIpc) is 2.44. The summed E-state index contributed by atoms with van der Waals surface area (Å²) in [5.41, 5.74) is 3.35. The summed E-state index contributed by atoms with van der Waals surface area (Å²) >= 11 is 6.16. The van der Waals surface area contributed by atoms with Crippen LogP contribution in [0.2, 0.25) is 5.02 Å². The van der Waals surface area contributed by atoms with E-state index >= 15 is 0 Å². The summed E-state index contributed by atoms with van der Waals surface area (Å²) < 4.78 is 19.2. The van der Waals surface area contributed by atoms with Gasteiger partial charge in [0, 0.05) is 18.1 Å². The predicted molar refractivity (Wildman–Crippen MR) is 77.9 cm³/mol. The molecule has 3 N–H and O–H groups in total. The number of nitrogens with one attached hydrogen (secondary N) is 1. The molecule has 6 heteroatoms. The van der Waals surface area contributed by atoms with Gasteiger partial charge in [0.2, 0.25) is 0 Å². The van der Waals surface area contributed by atoms with E-state index in [0.717, 1.165) is 26.1 Å². The molecule has 1 aliphatic heterocycles. The first-order chi connectivity index (χ1) is 9.65. The van der Waals surface area contributed by atoms with Crippen LogP contribution in [0.15, 0.2) is 18.2 Å². The van der Waals surface area contributed by atoms with Crippen molar-refractivity contribution in [3.8, 4) is 0 Å². The SMILES string of the molecule is CCCN1CCOC(C(NN)c2cc(F)ccc2Cl)C1. The lowest BCUT2D eigenvalue weighted by Crippen LogP contribution is -2.49. The van der Waals surface area contributed by atoms with Gasteiger partial charge in [0.1, 0.15) is 5.82 Å². The molecule has 0 aromatic heterocycles. The Morgan fingerprint density at radius 2 is 2.40 bits per heavy atom. The van der Waals surface area contributed by atoms with E-state index in [1.807, 2.05) is 0 Å². The summed E-state index contributed by atoms with van der Waals surface area (Å²) in [5, 5.41) is 0.491. The maximum absolute atomic E-state index is 13.4. The molecule has 1 aliphatic rings. The van der Waals surface area contributed by atoms with Crippen LogP contribution in [0.1, 0.15) is 24.9 Å². The molecule has 1 saturated heterocycles. The molecule has 2 unspecified atom stereocenters. The van der Waals surface area contributed by atoms with Gasteiger partial charge >= 0.3 is 0 Å². The fourth-order valence-corrected chi connectivity index (χ4v) is 2.84. The first-order valence-corrected chi connectivity index (χ1v) is 7.28. The van der Waals surface area contributed by atoms with Crippen LogP contribution >= 0.6 is 11.6 Å². The second-order valence-electron chi connectivity index (χ2n) is 5.02. The van der Waals surface area contributed by atoms with Crippen molar-refractivity contribution in [3.63, 3.8) is 0 Å². The Balaban J connectivity index is 2.16. The van der Waals surface area contributed by atoms with Crippen LogP contribution in [-0.2, 0) is 4.74 Å². The number of benzene rings is 1. The van der Waals surface area contributed by atoms with Gasteiger partial charge in [-0.3, -0.25) is 16.2 Å². The van der Waals surface area contributed by atoms with Gasteiger partial charge in [-0.25, -0.2) is 4.39 Å². The van der Waals surface area contributed by atoms with Gasteiger partial charge in [-0.1, -0.05) is 18.5 Å². The Morgan fingerprint density at radius 3 is 3.10 bits per heavy atom. The second kappa shape index (κ2) is 7.33. The summed E-state index contributed by atoms with van der Waals surface area (Å²) in [4.78, 5) is 2.33. The molecule has 1 aromatic carbocycles. The van der Waals surface area contributed by atoms with Gasteiger partial charge in [-0.05, 0) is 36.7 Å². The standard InChI is InChI=1S/C14H21ClFN3O/c1-2-5-19-6-7-20-13(9-19)14(18-17)11-8-10(16)3-4-12(11)15/h3-4,8,13-14,18H,2,5-7,9,17H2,1H3. The number of morpholine rings is 1. The maximum Gasteiger partial charge on any atom is 0.123 e. The van der Waals surface area contributed by atoms with Gasteiger partial charge in [0.05, 0.1) is 18.8 Å². The van der Waals surface area contributed by atoms with Crippen molar-refractivity contribution in [2.24, 2.45) is 5.84 Å². The molecule has 0 bridgehead atoms. The molecule has 2 atom stereocenters.